The molecule has 2 fully saturated rings. The number of hydrogen-bond acceptors (Lipinski definition) is 4. The van der Waals surface area contributed by atoms with E-state index in [2.05, 4.69) is 0 Å². The standard InChI is InChI=1S/C19H25FN2O4/c1-13(2)18(25)22-8-14-7-21(10-19(14,11-22)12-23)17(24)9-26-16-5-3-15(20)4-6-16/h3-6,13-14,23H,7-12H2,1-2H3/t14-,19+/m0/s1. The maximum Gasteiger partial charge on any atom is 0.260 e. The van der Waals surface area contributed by atoms with E-state index in [1.54, 1.807) is 4.90 Å². The lowest BCUT2D eigenvalue weighted by Gasteiger charge is -2.28. The van der Waals surface area contributed by atoms with Gasteiger partial charge in [-0.05, 0) is 24.3 Å². The van der Waals surface area contributed by atoms with Crippen molar-refractivity contribution in [1.82, 2.24) is 9.80 Å². The highest BCUT2D eigenvalue weighted by molar-refractivity contribution is 5.80. The molecule has 6 nitrogen and oxygen atoms in total. The number of carbonyl (C=O) groups excluding carboxylic acids is 2. The smallest absolute Gasteiger partial charge is 0.260 e. The quantitative estimate of drug-likeness (QED) is 0.851. The van der Waals surface area contributed by atoms with Gasteiger partial charge in [0.25, 0.3) is 5.91 Å². The van der Waals surface area contributed by atoms with Crippen molar-refractivity contribution in [2.24, 2.45) is 17.3 Å². The molecule has 26 heavy (non-hydrogen) atoms. The molecule has 2 aliphatic heterocycles. The molecule has 0 radical (unpaired) electrons. The average molecular weight is 364 g/mol. The molecule has 1 aromatic carbocycles. The molecular weight excluding hydrogens is 339 g/mol. The summed E-state index contributed by atoms with van der Waals surface area (Å²) in [4.78, 5) is 28.2. The van der Waals surface area contributed by atoms with Crippen molar-refractivity contribution in [3.63, 3.8) is 0 Å². The van der Waals surface area contributed by atoms with Crippen LogP contribution in [0.5, 0.6) is 5.75 Å². The van der Waals surface area contributed by atoms with Crippen LogP contribution in [0.15, 0.2) is 24.3 Å². The number of ether oxygens (including phenoxy) is 1. The first-order valence-electron chi connectivity index (χ1n) is 8.90. The lowest BCUT2D eigenvalue weighted by atomic mass is 9.82. The van der Waals surface area contributed by atoms with Gasteiger partial charge in [0.1, 0.15) is 11.6 Å². The van der Waals surface area contributed by atoms with E-state index < -0.39 is 5.41 Å². The Bertz CT molecular complexity index is 679. The largest absolute Gasteiger partial charge is 0.484 e. The van der Waals surface area contributed by atoms with E-state index >= 15 is 0 Å². The average Bonchev–Trinajstić information content (AvgIpc) is 3.15. The number of likely N-dealkylation sites (tertiary alicyclic amines) is 2. The van der Waals surface area contributed by atoms with Crippen molar-refractivity contribution < 1.29 is 23.8 Å². The summed E-state index contributed by atoms with van der Waals surface area (Å²) in [7, 11) is 0. The fourth-order valence-electron chi connectivity index (χ4n) is 3.89. The highest BCUT2D eigenvalue weighted by atomic mass is 19.1. The van der Waals surface area contributed by atoms with Gasteiger partial charge < -0.3 is 19.6 Å². The molecule has 1 aromatic rings. The number of rotatable bonds is 5. The van der Waals surface area contributed by atoms with Gasteiger partial charge in [-0.3, -0.25) is 9.59 Å². The fraction of sp³-hybridized carbons (Fsp3) is 0.579. The molecule has 3 rings (SSSR count). The van der Waals surface area contributed by atoms with Crippen LogP contribution in [-0.4, -0.2) is 66.1 Å². The lowest BCUT2D eigenvalue weighted by molar-refractivity contribution is -0.135. The monoisotopic (exact) mass is 364 g/mol. The molecule has 2 saturated heterocycles. The maximum atomic E-state index is 12.9. The lowest BCUT2D eigenvalue weighted by Crippen LogP contribution is -2.42. The Morgan fingerprint density at radius 2 is 1.85 bits per heavy atom. The Labute approximate surface area is 152 Å². The number of benzene rings is 1. The number of fused-ring (bicyclic) bond motifs is 1. The van der Waals surface area contributed by atoms with Gasteiger partial charge in [0.05, 0.1) is 6.61 Å². The van der Waals surface area contributed by atoms with Crippen LogP contribution in [0, 0.1) is 23.1 Å². The van der Waals surface area contributed by atoms with Crippen molar-refractivity contribution in [2.75, 3.05) is 39.4 Å². The van der Waals surface area contributed by atoms with Crippen molar-refractivity contribution in [1.29, 1.82) is 0 Å². The summed E-state index contributed by atoms with van der Waals surface area (Å²) in [5, 5.41) is 9.96. The third kappa shape index (κ3) is 3.53. The molecule has 7 heteroatoms. The third-order valence-corrected chi connectivity index (χ3v) is 5.41. The maximum absolute atomic E-state index is 12.9. The molecule has 1 N–H and O–H groups in total. The number of hydrogen-bond donors (Lipinski definition) is 1. The van der Waals surface area contributed by atoms with E-state index in [9.17, 15) is 19.1 Å². The van der Waals surface area contributed by atoms with Gasteiger partial charge in [0.2, 0.25) is 5.91 Å². The molecule has 0 aliphatic carbocycles. The molecule has 2 amide bonds. The number of carbonyl (C=O) groups is 2. The highest BCUT2D eigenvalue weighted by Gasteiger charge is 2.54. The van der Waals surface area contributed by atoms with Crippen molar-refractivity contribution in [3.05, 3.63) is 30.1 Å². The van der Waals surface area contributed by atoms with Crippen LogP contribution in [0.2, 0.25) is 0 Å². The first kappa shape index (κ1) is 18.6. The minimum atomic E-state index is -0.448. The second-order valence-electron chi connectivity index (χ2n) is 7.61. The second-order valence-corrected chi connectivity index (χ2v) is 7.61. The zero-order valence-corrected chi connectivity index (χ0v) is 15.2. The predicted molar refractivity (Wildman–Crippen MR) is 92.9 cm³/mol. The first-order valence-corrected chi connectivity index (χ1v) is 8.90. The topological polar surface area (TPSA) is 70.1 Å². The van der Waals surface area contributed by atoms with Crippen LogP contribution >= 0.6 is 0 Å². The molecule has 0 bridgehead atoms. The van der Waals surface area contributed by atoms with Crippen LogP contribution in [0.1, 0.15) is 13.8 Å². The normalized spacial score (nSPS) is 24.9. The molecular formula is C19H25FN2O4. The van der Waals surface area contributed by atoms with E-state index in [1.165, 1.54) is 24.3 Å². The SMILES string of the molecule is CC(C)C(=O)N1C[C@@H]2CN(C(=O)COc3ccc(F)cc3)C[C@]2(CO)C1. The van der Waals surface area contributed by atoms with E-state index in [0.717, 1.165) is 0 Å². The summed E-state index contributed by atoms with van der Waals surface area (Å²) in [5.74, 6) is -0.00874. The highest BCUT2D eigenvalue weighted by Crippen LogP contribution is 2.42. The molecule has 0 spiro atoms. The minimum absolute atomic E-state index is 0.0534. The fourth-order valence-corrected chi connectivity index (χ4v) is 3.89. The van der Waals surface area contributed by atoms with Gasteiger partial charge in [0.15, 0.2) is 6.61 Å². The van der Waals surface area contributed by atoms with Gasteiger partial charge in [-0.2, -0.15) is 0 Å². The predicted octanol–water partition coefficient (Wildman–Crippen LogP) is 1.14. The number of amides is 2. The Kier molecular flexibility index (Phi) is 5.18. The van der Waals surface area contributed by atoms with Gasteiger partial charge in [-0.25, -0.2) is 4.39 Å². The minimum Gasteiger partial charge on any atom is -0.484 e. The number of halogens is 1. The van der Waals surface area contributed by atoms with Crippen LogP contribution in [0.3, 0.4) is 0 Å². The summed E-state index contributed by atoms with van der Waals surface area (Å²) in [6.07, 6.45) is 0. The molecule has 2 heterocycles. The van der Waals surface area contributed by atoms with Crippen LogP contribution in [-0.2, 0) is 9.59 Å². The molecule has 2 atom stereocenters. The summed E-state index contributed by atoms with van der Waals surface area (Å²) in [5.41, 5.74) is -0.448. The van der Waals surface area contributed by atoms with Gasteiger partial charge >= 0.3 is 0 Å². The zero-order chi connectivity index (χ0) is 18.9. The van der Waals surface area contributed by atoms with E-state index in [0.29, 0.717) is 31.9 Å². The first-order chi connectivity index (χ1) is 12.3. The second kappa shape index (κ2) is 7.23. The van der Waals surface area contributed by atoms with E-state index in [1.807, 2.05) is 18.7 Å². The number of nitrogens with zero attached hydrogens (tertiary/aromatic N) is 2. The van der Waals surface area contributed by atoms with Crippen molar-refractivity contribution in [3.8, 4) is 5.75 Å². The van der Waals surface area contributed by atoms with Crippen molar-refractivity contribution >= 4 is 11.8 Å². The molecule has 0 unspecified atom stereocenters. The van der Waals surface area contributed by atoms with Gasteiger partial charge in [-0.15, -0.1) is 0 Å². The number of aliphatic hydroxyl groups is 1. The Morgan fingerprint density at radius 1 is 1.23 bits per heavy atom. The molecule has 142 valence electrons. The molecule has 0 saturated carbocycles. The summed E-state index contributed by atoms with van der Waals surface area (Å²) >= 11 is 0. The Balaban J connectivity index is 1.58. The number of aliphatic hydroxyl groups excluding tert-OH is 1. The van der Waals surface area contributed by atoms with Crippen LogP contribution < -0.4 is 4.74 Å². The van der Waals surface area contributed by atoms with Crippen LogP contribution in [0.25, 0.3) is 0 Å². The van der Waals surface area contributed by atoms with Crippen LogP contribution in [0.4, 0.5) is 4.39 Å². The summed E-state index contributed by atoms with van der Waals surface area (Å²) in [6, 6.07) is 5.51. The van der Waals surface area contributed by atoms with Crippen molar-refractivity contribution in [2.45, 2.75) is 13.8 Å². The Hall–Kier alpha value is -2.15. The zero-order valence-electron chi connectivity index (χ0n) is 15.2. The van der Waals surface area contributed by atoms with E-state index in [-0.39, 0.29) is 42.7 Å². The summed E-state index contributed by atoms with van der Waals surface area (Å²) in [6.45, 7) is 5.52. The van der Waals surface area contributed by atoms with E-state index in [4.69, 9.17) is 4.74 Å². The molecule has 0 aromatic heterocycles. The van der Waals surface area contributed by atoms with Gasteiger partial charge in [0, 0.05) is 43.4 Å². The summed E-state index contributed by atoms with van der Waals surface area (Å²) < 4.78 is 18.3. The van der Waals surface area contributed by atoms with Gasteiger partial charge in [-0.1, -0.05) is 13.8 Å². The Morgan fingerprint density at radius 3 is 2.42 bits per heavy atom. The third-order valence-electron chi connectivity index (χ3n) is 5.41. The molecule has 2 aliphatic rings.